The molecule has 0 unspecified atom stereocenters. The molecule has 0 aliphatic carbocycles. The Bertz CT molecular complexity index is 788. The van der Waals surface area contributed by atoms with E-state index >= 15 is 0 Å². The van der Waals surface area contributed by atoms with E-state index < -0.39 is 11.7 Å². The molecule has 2 aromatic rings. The summed E-state index contributed by atoms with van der Waals surface area (Å²) in [5.41, 5.74) is 0.846. The number of halogens is 4. The monoisotopic (exact) mass is 413 g/mol. The van der Waals surface area contributed by atoms with E-state index in [0.717, 1.165) is 49.9 Å². The SMILES string of the molecule is FC(F)(F)c1cccc(NC(=S)N2CCN(Cc3ccc(Cl)cc3)CC2)c1. The summed E-state index contributed by atoms with van der Waals surface area (Å²) < 4.78 is 38.5. The molecule has 1 fully saturated rings. The van der Waals surface area contributed by atoms with E-state index in [-0.39, 0.29) is 0 Å². The van der Waals surface area contributed by atoms with Crippen LogP contribution in [0, 0.1) is 0 Å². The number of rotatable bonds is 3. The maximum atomic E-state index is 12.8. The van der Waals surface area contributed by atoms with Crippen LogP contribution in [0.3, 0.4) is 0 Å². The summed E-state index contributed by atoms with van der Waals surface area (Å²) in [4.78, 5) is 4.29. The van der Waals surface area contributed by atoms with Crippen molar-refractivity contribution in [3.63, 3.8) is 0 Å². The standard InChI is InChI=1S/C19H19ClF3N3S/c20-16-6-4-14(5-7-16)13-25-8-10-26(11-9-25)18(27)24-17-3-1-2-15(12-17)19(21,22)23/h1-7,12H,8-11,13H2,(H,24,27). The average Bonchev–Trinajstić information content (AvgIpc) is 2.64. The van der Waals surface area contributed by atoms with Gasteiger partial charge in [-0.25, -0.2) is 0 Å². The fourth-order valence-corrected chi connectivity index (χ4v) is 3.36. The van der Waals surface area contributed by atoms with Crippen molar-refractivity contribution in [3.8, 4) is 0 Å². The maximum absolute atomic E-state index is 12.8. The number of hydrogen-bond donors (Lipinski definition) is 1. The van der Waals surface area contributed by atoms with E-state index in [1.807, 2.05) is 29.2 Å². The van der Waals surface area contributed by atoms with Gasteiger partial charge in [-0.15, -0.1) is 0 Å². The number of nitrogens with one attached hydrogen (secondary N) is 1. The molecule has 144 valence electrons. The summed E-state index contributed by atoms with van der Waals surface area (Å²) in [6.07, 6.45) is -4.37. The minimum absolute atomic E-state index is 0.346. The van der Waals surface area contributed by atoms with Gasteiger partial charge < -0.3 is 10.2 Å². The molecule has 1 aliphatic heterocycles. The quantitative estimate of drug-likeness (QED) is 0.723. The van der Waals surface area contributed by atoms with Crippen LogP contribution >= 0.6 is 23.8 Å². The summed E-state index contributed by atoms with van der Waals surface area (Å²) >= 11 is 11.3. The number of piperazine rings is 1. The number of hydrogen-bond acceptors (Lipinski definition) is 2. The van der Waals surface area contributed by atoms with Crippen molar-refractivity contribution >= 4 is 34.6 Å². The molecular formula is C19H19ClF3N3S. The molecule has 1 N–H and O–H groups in total. The van der Waals surface area contributed by atoms with Gasteiger partial charge >= 0.3 is 6.18 Å². The van der Waals surface area contributed by atoms with Crippen LogP contribution in [0.2, 0.25) is 5.02 Å². The maximum Gasteiger partial charge on any atom is 0.416 e. The first-order valence-electron chi connectivity index (χ1n) is 8.51. The lowest BCUT2D eigenvalue weighted by Crippen LogP contribution is -2.49. The lowest BCUT2D eigenvalue weighted by molar-refractivity contribution is -0.137. The second-order valence-electron chi connectivity index (χ2n) is 6.40. The molecule has 27 heavy (non-hydrogen) atoms. The minimum atomic E-state index is -4.37. The molecule has 0 aromatic heterocycles. The Morgan fingerprint density at radius 1 is 1.04 bits per heavy atom. The second-order valence-corrected chi connectivity index (χ2v) is 7.22. The third kappa shape index (κ3) is 5.57. The Kier molecular flexibility index (Phi) is 6.24. The van der Waals surface area contributed by atoms with Crippen molar-refractivity contribution in [3.05, 3.63) is 64.7 Å². The Hall–Kier alpha value is -1.83. The molecule has 3 nitrogen and oxygen atoms in total. The minimum Gasteiger partial charge on any atom is -0.346 e. The van der Waals surface area contributed by atoms with Gasteiger partial charge in [0.1, 0.15) is 0 Å². The van der Waals surface area contributed by atoms with Crippen LogP contribution in [-0.2, 0) is 12.7 Å². The number of thiocarbonyl (C=S) groups is 1. The first-order chi connectivity index (χ1) is 12.8. The molecule has 2 aromatic carbocycles. The molecule has 1 saturated heterocycles. The van der Waals surface area contributed by atoms with Crippen LogP contribution < -0.4 is 5.32 Å². The van der Waals surface area contributed by atoms with Crippen LogP contribution in [0.25, 0.3) is 0 Å². The number of benzene rings is 2. The third-order valence-electron chi connectivity index (χ3n) is 4.42. The van der Waals surface area contributed by atoms with E-state index in [2.05, 4.69) is 10.2 Å². The molecule has 1 aliphatic rings. The van der Waals surface area contributed by atoms with Crippen LogP contribution in [0.15, 0.2) is 48.5 Å². The molecule has 0 bridgehead atoms. The van der Waals surface area contributed by atoms with Crippen molar-refractivity contribution < 1.29 is 13.2 Å². The van der Waals surface area contributed by atoms with E-state index in [1.54, 1.807) is 6.07 Å². The molecule has 0 spiro atoms. The van der Waals surface area contributed by atoms with Gasteiger partial charge in [0.2, 0.25) is 0 Å². The number of alkyl halides is 3. The predicted octanol–water partition coefficient (Wildman–Crippen LogP) is 4.87. The first-order valence-corrected chi connectivity index (χ1v) is 9.30. The summed E-state index contributed by atoms with van der Waals surface area (Å²) in [7, 11) is 0. The molecule has 0 amide bonds. The highest BCUT2D eigenvalue weighted by atomic mass is 35.5. The zero-order valence-corrected chi connectivity index (χ0v) is 16.0. The lowest BCUT2D eigenvalue weighted by atomic mass is 10.2. The fourth-order valence-electron chi connectivity index (χ4n) is 2.93. The average molecular weight is 414 g/mol. The van der Waals surface area contributed by atoms with Crippen LogP contribution in [-0.4, -0.2) is 41.1 Å². The smallest absolute Gasteiger partial charge is 0.346 e. The summed E-state index contributed by atoms with van der Waals surface area (Å²) in [6, 6.07) is 12.8. The van der Waals surface area contributed by atoms with Crippen molar-refractivity contribution in [2.75, 3.05) is 31.5 Å². The summed E-state index contributed by atoms with van der Waals surface area (Å²) in [5.74, 6) is 0. The Morgan fingerprint density at radius 2 is 1.70 bits per heavy atom. The van der Waals surface area contributed by atoms with Gasteiger partial charge in [0, 0.05) is 43.4 Å². The fraction of sp³-hybridized carbons (Fsp3) is 0.316. The highest BCUT2D eigenvalue weighted by Gasteiger charge is 2.30. The third-order valence-corrected chi connectivity index (χ3v) is 5.03. The van der Waals surface area contributed by atoms with Crippen molar-refractivity contribution in [2.45, 2.75) is 12.7 Å². The summed E-state index contributed by atoms with van der Waals surface area (Å²) in [5, 5.41) is 4.08. The zero-order chi connectivity index (χ0) is 19.4. The topological polar surface area (TPSA) is 18.5 Å². The van der Waals surface area contributed by atoms with Gasteiger partial charge in [0.25, 0.3) is 0 Å². The molecule has 0 saturated carbocycles. The molecule has 8 heteroatoms. The Labute approximate surface area is 166 Å². The highest BCUT2D eigenvalue weighted by molar-refractivity contribution is 7.80. The van der Waals surface area contributed by atoms with E-state index in [4.69, 9.17) is 23.8 Å². The molecule has 3 rings (SSSR count). The van der Waals surface area contributed by atoms with Gasteiger partial charge in [-0.1, -0.05) is 29.8 Å². The van der Waals surface area contributed by atoms with Gasteiger partial charge in [-0.2, -0.15) is 13.2 Å². The van der Waals surface area contributed by atoms with Gasteiger partial charge in [0.15, 0.2) is 5.11 Å². The predicted molar refractivity (Wildman–Crippen MR) is 106 cm³/mol. The molecule has 0 radical (unpaired) electrons. The van der Waals surface area contributed by atoms with Crippen LogP contribution in [0.4, 0.5) is 18.9 Å². The van der Waals surface area contributed by atoms with Crippen molar-refractivity contribution in [1.82, 2.24) is 9.80 Å². The van der Waals surface area contributed by atoms with Crippen molar-refractivity contribution in [2.24, 2.45) is 0 Å². The van der Waals surface area contributed by atoms with E-state index in [9.17, 15) is 13.2 Å². The van der Waals surface area contributed by atoms with Crippen LogP contribution in [0.5, 0.6) is 0 Å². The van der Waals surface area contributed by atoms with Gasteiger partial charge in [0.05, 0.1) is 5.56 Å². The molecular weight excluding hydrogens is 395 g/mol. The number of anilines is 1. The van der Waals surface area contributed by atoms with E-state index in [1.165, 1.54) is 11.6 Å². The van der Waals surface area contributed by atoms with Crippen LogP contribution in [0.1, 0.15) is 11.1 Å². The zero-order valence-electron chi connectivity index (χ0n) is 14.5. The van der Waals surface area contributed by atoms with Gasteiger partial charge in [-0.3, -0.25) is 4.90 Å². The first kappa shape index (κ1) is 19.9. The summed E-state index contributed by atoms with van der Waals surface area (Å²) in [6.45, 7) is 3.93. The molecule has 1 heterocycles. The second kappa shape index (κ2) is 8.46. The van der Waals surface area contributed by atoms with E-state index in [0.29, 0.717) is 10.8 Å². The van der Waals surface area contributed by atoms with Gasteiger partial charge in [-0.05, 0) is 48.1 Å². The largest absolute Gasteiger partial charge is 0.416 e. The van der Waals surface area contributed by atoms with Crippen molar-refractivity contribution in [1.29, 1.82) is 0 Å². The normalized spacial score (nSPS) is 15.6. The lowest BCUT2D eigenvalue weighted by Gasteiger charge is -2.36. The number of nitrogens with zero attached hydrogens (tertiary/aromatic N) is 2. The highest BCUT2D eigenvalue weighted by Crippen LogP contribution is 2.30. The molecule has 0 atom stereocenters. The Morgan fingerprint density at radius 3 is 2.33 bits per heavy atom. The Balaban J connectivity index is 1.52.